The van der Waals surface area contributed by atoms with Crippen molar-refractivity contribution in [2.24, 2.45) is 0 Å². The van der Waals surface area contributed by atoms with Crippen molar-refractivity contribution >= 4 is 17.8 Å². The number of rotatable bonds is 3. The second-order valence-electron chi connectivity index (χ2n) is 2.57. The predicted molar refractivity (Wildman–Crippen MR) is 54.0 cm³/mol. The fourth-order valence-electron chi connectivity index (χ4n) is 0.891. The van der Waals surface area contributed by atoms with Crippen molar-refractivity contribution in [3.63, 3.8) is 0 Å². The summed E-state index contributed by atoms with van der Waals surface area (Å²) in [5, 5.41) is 0. The van der Waals surface area contributed by atoms with Gasteiger partial charge in [-0.25, -0.2) is 0 Å². The number of halogens is 3. The first-order valence-electron chi connectivity index (χ1n) is 4.00. The molecule has 0 aromatic heterocycles. The van der Waals surface area contributed by atoms with Crippen LogP contribution >= 0.6 is 11.8 Å². The smallest absolute Gasteiger partial charge is 0.160 e. The van der Waals surface area contributed by atoms with E-state index in [9.17, 15) is 13.2 Å². The van der Waals surface area contributed by atoms with Crippen LogP contribution in [0.15, 0.2) is 36.4 Å². The Bertz CT molecular complexity index is 290. The lowest BCUT2D eigenvalue weighted by molar-refractivity contribution is -0.0326. The molecule has 0 spiro atoms. The third-order valence-corrected chi connectivity index (χ3v) is 2.14. The molecule has 0 bridgehead atoms. The van der Waals surface area contributed by atoms with Crippen LogP contribution < -0.4 is 0 Å². The normalized spacial score (nSPS) is 12.2. The van der Waals surface area contributed by atoms with Crippen molar-refractivity contribution in [2.75, 3.05) is 5.75 Å². The highest BCUT2D eigenvalue weighted by Crippen LogP contribution is 2.29. The maximum Gasteiger partial charge on any atom is 0.442 e. The van der Waals surface area contributed by atoms with E-state index in [4.69, 9.17) is 0 Å². The van der Waals surface area contributed by atoms with E-state index in [1.165, 1.54) is 6.08 Å². The number of alkyl halides is 3. The summed E-state index contributed by atoms with van der Waals surface area (Å²) in [6, 6.07) is 9.23. The third-order valence-electron chi connectivity index (χ3n) is 1.45. The first kappa shape index (κ1) is 11.2. The van der Waals surface area contributed by atoms with Gasteiger partial charge in [0, 0.05) is 5.75 Å². The average Bonchev–Trinajstić information content (AvgIpc) is 2.13. The Morgan fingerprint density at radius 3 is 2.36 bits per heavy atom. The minimum absolute atomic E-state index is 0.0340. The van der Waals surface area contributed by atoms with Crippen LogP contribution in [0, 0.1) is 0 Å². The van der Waals surface area contributed by atoms with E-state index >= 15 is 0 Å². The van der Waals surface area contributed by atoms with Crippen molar-refractivity contribution < 1.29 is 13.2 Å². The van der Waals surface area contributed by atoms with Gasteiger partial charge in [-0.05, 0) is 17.3 Å². The minimum Gasteiger partial charge on any atom is -0.160 e. The maximum absolute atomic E-state index is 11.7. The molecule has 0 radical (unpaired) electrons. The van der Waals surface area contributed by atoms with Crippen molar-refractivity contribution in [1.82, 2.24) is 0 Å². The summed E-state index contributed by atoms with van der Waals surface area (Å²) in [7, 11) is 0. The van der Waals surface area contributed by atoms with Gasteiger partial charge in [0.1, 0.15) is 0 Å². The molecule has 0 aliphatic rings. The summed E-state index contributed by atoms with van der Waals surface area (Å²) in [6.45, 7) is 0. The minimum atomic E-state index is -4.14. The van der Waals surface area contributed by atoms with Crippen molar-refractivity contribution in [1.29, 1.82) is 0 Å². The fourth-order valence-corrected chi connectivity index (χ4v) is 1.27. The van der Waals surface area contributed by atoms with Gasteiger partial charge in [-0.3, -0.25) is 0 Å². The lowest BCUT2D eigenvalue weighted by Crippen LogP contribution is -1.99. The van der Waals surface area contributed by atoms with E-state index < -0.39 is 5.51 Å². The molecule has 0 N–H and O–H groups in total. The summed E-state index contributed by atoms with van der Waals surface area (Å²) in [5.74, 6) is -0.0433. The molecule has 0 saturated carbocycles. The molecule has 1 aromatic rings. The molecule has 0 unspecified atom stereocenters. The van der Waals surface area contributed by atoms with E-state index in [1.54, 1.807) is 6.08 Å². The van der Waals surface area contributed by atoms with Crippen molar-refractivity contribution in [3.8, 4) is 0 Å². The monoisotopic (exact) mass is 218 g/mol. The van der Waals surface area contributed by atoms with E-state index in [-0.39, 0.29) is 17.5 Å². The lowest BCUT2D eigenvalue weighted by atomic mass is 10.2. The molecule has 0 aliphatic heterocycles. The van der Waals surface area contributed by atoms with Gasteiger partial charge in [0.15, 0.2) is 0 Å². The van der Waals surface area contributed by atoms with Crippen LogP contribution in [0.25, 0.3) is 6.08 Å². The van der Waals surface area contributed by atoms with Crippen LogP contribution in [0.3, 0.4) is 0 Å². The molecule has 0 heterocycles. The van der Waals surface area contributed by atoms with Crippen LogP contribution in [0.4, 0.5) is 13.2 Å². The molecule has 0 amide bonds. The summed E-state index contributed by atoms with van der Waals surface area (Å²) >= 11 is -0.0340. The van der Waals surface area contributed by atoms with Crippen LogP contribution in [0.1, 0.15) is 5.56 Å². The highest BCUT2D eigenvalue weighted by molar-refractivity contribution is 8.00. The molecule has 4 heteroatoms. The van der Waals surface area contributed by atoms with Crippen molar-refractivity contribution in [2.45, 2.75) is 5.51 Å². The Balaban J connectivity index is 2.35. The number of hydrogen-bond donors (Lipinski definition) is 0. The summed E-state index contributed by atoms with van der Waals surface area (Å²) in [6.07, 6.45) is 3.19. The SMILES string of the molecule is FC(F)(F)SC/C=C\c1ccccc1. The quantitative estimate of drug-likeness (QED) is 0.740. The van der Waals surface area contributed by atoms with Gasteiger partial charge in [-0.2, -0.15) is 13.2 Å². The van der Waals surface area contributed by atoms with Crippen LogP contribution in [0.2, 0.25) is 0 Å². The molecule has 76 valence electrons. The molecular formula is C10H9F3S. The standard InChI is InChI=1S/C10H9F3S/c11-10(12,13)14-8-4-7-9-5-2-1-3-6-9/h1-7H,8H2/b7-4-. The molecule has 0 atom stereocenters. The zero-order valence-corrected chi connectivity index (χ0v) is 8.11. The van der Waals surface area contributed by atoms with Gasteiger partial charge in [-0.15, -0.1) is 0 Å². The Labute approximate surface area is 84.8 Å². The van der Waals surface area contributed by atoms with Crippen molar-refractivity contribution in [3.05, 3.63) is 42.0 Å². The van der Waals surface area contributed by atoms with E-state index in [0.29, 0.717) is 0 Å². The van der Waals surface area contributed by atoms with E-state index in [1.807, 2.05) is 30.3 Å². The number of benzene rings is 1. The highest BCUT2D eigenvalue weighted by Gasteiger charge is 2.26. The zero-order valence-electron chi connectivity index (χ0n) is 7.29. The van der Waals surface area contributed by atoms with Gasteiger partial charge < -0.3 is 0 Å². The molecule has 1 aromatic carbocycles. The zero-order chi connectivity index (χ0) is 10.4. The molecule has 0 aliphatic carbocycles. The lowest BCUT2D eigenvalue weighted by Gasteiger charge is -2.01. The molecule has 0 nitrogen and oxygen atoms in total. The average molecular weight is 218 g/mol. The highest BCUT2D eigenvalue weighted by atomic mass is 32.2. The van der Waals surface area contributed by atoms with Crippen LogP contribution in [0.5, 0.6) is 0 Å². The largest absolute Gasteiger partial charge is 0.442 e. The molecular weight excluding hydrogens is 209 g/mol. The Hall–Kier alpha value is -0.900. The van der Waals surface area contributed by atoms with Gasteiger partial charge in [-0.1, -0.05) is 42.5 Å². The second kappa shape index (κ2) is 5.10. The van der Waals surface area contributed by atoms with E-state index in [0.717, 1.165) is 5.56 Å². The van der Waals surface area contributed by atoms with E-state index in [2.05, 4.69) is 0 Å². The number of hydrogen-bond acceptors (Lipinski definition) is 1. The summed E-state index contributed by atoms with van der Waals surface area (Å²) < 4.78 is 35.1. The Kier molecular flexibility index (Phi) is 4.07. The summed E-state index contributed by atoms with van der Waals surface area (Å²) in [4.78, 5) is 0. The molecule has 14 heavy (non-hydrogen) atoms. The molecule has 1 rings (SSSR count). The fraction of sp³-hybridized carbons (Fsp3) is 0.200. The van der Waals surface area contributed by atoms with Crippen LogP contribution in [-0.4, -0.2) is 11.3 Å². The summed E-state index contributed by atoms with van der Waals surface area (Å²) in [5.41, 5.74) is -3.23. The Morgan fingerprint density at radius 1 is 1.14 bits per heavy atom. The van der Waals surface area contributed by atoms with Gasteiger partial charge >= 0.3 is 5.51 Å². The maximum atomic E-state index is 11.7. The number of thioether (sulfide) groups is 1. The predicted octanol–water partition coefficient (Wildman–Crippen LogP) is 3.95. The van der Waals surface area contributed by atoms with Gasteiger partial charge in [0.2, 0.25) is 0 Å². The molecule has 0 fully saturated rings. The molecule has 0 saturated heterocycles. The third kappa shape index (κ3) is 4.97. The Morgan fingerprint density at radius 2 is 1.79 bits per heavy atom. The van der Waals surface area contributed by atoms with Crippen LogP contribution in [-0.2, 0) is 0 Å². The topological polar surface area (TPSA) is 0 Å². The van der Waals surface area contributed by atoms with Gasteiger partial charge in [0.25, 0.3) is 0 Å². The van der Waals surface area contributed by atoms with Gasteiger partial charge in [0.05, 0.1) is 0 Å². The first-order chi connectivity index (χ1) is 6.58. The first-order valence-corrected chi connectivity index (χ1v) is 4.99. The second-order valence-corrected chi connectivity index (χ2v) is 3.65.